The van der Waals surface area contributed by atoms with E-state index in [2.05, 4.69) is 11.4 Å². The van der Waals surface area contributed by atoms with Crippen LogP contribution in [0, 0.1) is 11.3 Å². The van der Waals surface area contributed by atoms with Crippen molar-refractivity contribution in [1.29, 1.82) is 5.26 Å². The summed E-state index contributed by atoms with van der Waals surface area (Å²) >= 11 is 1.45. The zero-order valence-corrected chi connectivity index (χ0v) is 20.7. The third-order valence-corrected chi connectivity index (χ3v) is 9.75. The average Bonchev–Trinajstić information content (AvgIpc) is 3.20. The number of hydrogen-bond donors (Lipinski definition) is 1. The Kier molecular flexibility index (Phi) is 7.07. The van der Waals surface area contributed by atoms with Crippen molar-refractivity contribution in [3.63, 3.8) is 0 Å². The van der Waals surface area contributed by atoms with Gasteiger partial charge in [0.05, 0.1) is 12.7 Å². The Morgan fingerprint density at radius 2 is 2.06 bits per heavy atom. The monoisotopic (exact) mass is 487 g/mol. The van der Waals surface area contributed by atoms with E-state index in [0.29, 0.717) is 17.1 Å². The van der Waals surface area contributed by atoms with Crippen LogP contribution in [-0.2, 0) is 22.9 Å². The van der Waals surface area contributed by atoms with Crippen LogP contribution in [0.3, 0.4) is 0 Å². The highest BCUT2D eigenvalue weighted by Gasteiger charge is 2.35. The van der Waals surface area contributed by atoms with E-state index in [1.807, 2.05) is 6.92 Å². The predicted octanol–water partition coefficient (Wildman–Crippen LogP) is 4.71. The highest BCUT2D eigenvalue weighted by Crippen LogP contribution is 2.38. The highest BCUT2D eigenvalue weighted by molar-refractivity contribution is 7.89. The lowest BCUT2D eigenvalue weighted by atomic mass is 9.96. The number of nitrogens with one attached hydrogen (secondary N) is 1. The van der Waals surface area contributed by atoms with Crippen molar-refractivity contribution in [3.8, 4) is 11.8 Å². The molecule has 4 rings (SSSR count). The molecule has 0 radical (unpaired) electrons. The lowest BCUT2D eigenvalue weighted by Gasteiger charge is -2.34. The largest absolute Gasteiger partial charge is 0.495 e. The fourth-order valence-electron chi connectivity index (χ4n) is 4.79. The van der Waals surface area contributed by atoms with Gasteiger partial charge < -0.3 is 10.1 Å². The first-order chi connectivity index (χ1) is 15.9. The minimum atomic E-state index is -3.83. The summed E-state index contributed by atoms with van der Waals surface area (Å²) in [6, 6.07) is 6.66. The molecule has 1 aliphatic carbocycles. The molecule has 33 heavy (non-hydrogen) atoms. The first-order valence-corrected chi connectivity index (χ1v) is 13.7. The Morgan fingerprint density at radius 1 is 1.27 bits per heavy atom. The van der Waals surface area contributed by atoms with E-state index in [4.69, 9.17) is 4.74 Å². The van der Waals surface area contributed by atoms with Crippen molar-refractivity contribution in [2.24, 2.45) is 0 Å². The van der Waals surface area contributed by atoms with Crippen LogP contribution in [0.4, 0.5) is 5.00 Å². The second-order valence-electron chi connectivity index (χ2n) is 8.52. The Hall–Kier alpha value is -2.41. The predicted molar refractivity (Wildman–Crippen MR) is 128 cm³/mol. The van der Waals surface area contributed by atoms with Crippen LogP contribution in [0.25, 0.3) is 0 Å². The van der Waals surface area contributed by atoms with E-state index in [9.17, 15) is 18.5 Å². The molecule has 2 aromatic rings. The standard InChI is InChI=1S/C24H29N3O4S2/c1-3-17-8-6-7-13-27(17)33(29,30)22-14-16(11-12-20(22)31-2)23(28)26-24-19(15-25)18-9-4-5-10-21(18)32-24/h11-12,14,17H,3-10,13H2,1-2H3,(H,26,28)/t17-/m0/s1. The number of methoxy groups -OCH3 is 1. The number of carbonyl (C=O) groups is 1. The van der Waals surface area contributed by atoms with Crippen molar-refractivity contribution in [3.05, 3.63) is 39.8 Å². The summed E-state index contributed by atoms with van der Waals surface area (Å²) in [4.78, 5) is 14.3. The van der Waals surface area contributed by atoms with Gasteiger partial charge in [0.2, 0.25) is 10.0 Å². The Balaban J connectivity index is 1.67. The van der Waals surface area contributed by atoms with Crippen LogP contribution < -0.4 is 10.1 Å². The van der Waals surface area contributed by atoms with Gasteiger partial charge in [0.1, 0.15) is 21.7 Å². The maximum atomic E-state index is 13.6. The number of nitriles is 1. The van der Waals surface area contributed by atoms with Crippen molar-refractivity contribution >= 4 is 32.3 Å². The number of thiophene rings is 1. The molecule has 1 fully saturated rings. The number of ether oxygens (including phenoxy) is 1. The normalized spacial score (nSPS) is 18.9. The molecule has 0 spiro atoms. The Bertz CT molecular complexity index is 1200. The molecular weight excluding hydrogens is 458 g/mol. The fourth-order valence-corrected chi connectivity index (χ4v) is 7.98. The number of sulfonamides is 1. The van der Waals surface area contributed by atoms with Crippen molar-refractivity contribution in [2.45, 2.75) is 69.2 Å². The van der Waals surface area contributed by atoms with E-state index in [1.165, 1.54) is 30.6 Å². The molecule has 1 saturated heterocycles. The number of piperidine rings is 1. The zero-order chi connectivity index (χ0) is 23.6. The van der Waals surface area contributed by atoms with Gasteiger partial charge >= 0.3 is 0 Å². The number of hydrogen-bond acceptors (Lipinski definition) is 6. The van der Waals surface area contributed by atoms with Crippen LogP contribution in [0.1, 0.15) is 71.8 Å². The smallest absolute Gasteiger partial charge is 0.256 e. The first-order valence-electron chi connectivity index (χ1n) is 11.5. The van der Waals surface area contributed by atoms with E-state index in [-0.39, 0.29) is 22.3 Å². The maximum Gasteiger partial charge on any atom is 0.256 e. The van der Waals surface area contributed by atoms with Crippen LogP contribution in [0.15, 0.2) is 23.1 Å². The topological polar surface area (TPSA) is 99.5 Å². The van der Waals surface area contributed by atoms with Gasteiger partial charge in [-0.2, -0.15) is 9.57 Å². The van der Waals surface area contributed by atoms with Gasteiger partial charge in [-0.1, -0.05) is 13.3 Å². The molecule has 1 aromatic heterocycles. The van der Waals surface area contributed by atoms with E-state index >= 15 is 0 Å². The molecular formula is C24H29N3O4S2. The molecule has 0 unspecified atom stereocenters. The van der Waals surface area contributed by atoms with Gasteiger partial charge in [0.25, 0.3) is 5.91 Å². The number of benzene rings is 1. The second kappa shape index (κ2) is 9.84. The fraction of sp³-hybridized carbons (Fsp3) is 0.500. The van der Waals surface area contributed by atoms with E-state index in [1.54, 1.807) is 10.4 Å². The second-order valence-corrected chi connectivity index (χ2v) is 11.5. The van der Waals surface area contributed by atoms with Crippen LogP contribution in [0.2, 0.25) is 0 Å². The lowest BCUT2D eigenvalue weighted by Crippen LogP contribution is -2.43. The van der Waals surface area contributed by atoms with Crippen molar-refractivity contribution in [2.75, 3.05) is 19.0 Å². The summed E-state index contributed by atoms with van der Waals surface area (Å²) in [5, 5.41) is 13.1. The molecule has 9 heteroatoms. The molecule has 2 heterocycles. The Morgan fingerprint density at radius 3 is 2.79 bits per heavy atom. The number of fused-ring (bicyclic) bond motifs is 1. The molecule has 1 N–H and O–H groups in total. The minimum absolute atomic E-state index is 0.00369. The maximum absolute atomic E-state index is 13.6. The molecule has 0 saturated carbocycles. The SMILES string of the molecule is CC[C@H]1CCCCN1S(=O)(=O)c1cc(C(=O)Nc2sc3c(c2C#N)CCCC3)ccc1OC. The number of rotatable bonds is 6. The number of anilines is 1. The molecule has 0 bridgehead atoms. The molecule has 1 atom stereocenters. The van der Waals surface area contributed by atoms with Gasteiger partial charge in [0, 0.05) is 23.0 Å². The average molecular weight is 488 g/mol. The van der Waals surface area contributed by atoms with Crippen molar-refractivity contribution in [1.82, 2.24) is 4.31 Å². The van der Waals surface area contributed by atoms with Crippen LogP contribution in [0.5, 0.6) is 5.75 Å². The quantitative estimate of drug-likeness (QED) is 0.636. The number of aryl methyl sites for hydroxylation is 1. The van der Waals surface area contributed by atoms with Crippen LogP contribution in [-0.4, -0.2) is 38.3 Å². The van der Waals surface area contributed by atoms with Gasteiger partial charge in [-0.25, -0.2) is 8.42 Å². The highest BCUT2D eigenvalue weighted by atomic mass is 32.2. The first kappa shape index (κ1) is 23.7. The summed E-state index contributed by atoms with van der Waals surface area (Å²) in [5.74, 6) is -0.217. The molecule has 1 aliphatic heterocycles. The summed E-state index contributed by atoms with van der Waals surface area (Å²) in [7, 11) is -2.40. The van der Waals surface area contributed by atoms with Crippen LogP contribution >= 0.6 is 11.3 Å². The van der Waals surface area contributed by atoms with Gasteiger partial charge in [-0.05, 0) is 68.7 Å². The van der Waals surface area contributed by atoms with E-state index < -0.39 is 15.9 Å². The summed E-state index contributed by atoms with van der Waals surface area (Å²) in [6.45, 7) is 2.46. The zero-order valence-electron chi connectivity index (χ0n) is 19.0. The van der Waals surface area contributed by atoms with E-state index in [0.717, 1.165) is 61.8 Å². The molecule has 1 aromatic carbocycles. The Labute approximate surface area is 199 Å². The summed E-state index contributed by atoms with van der Waals surface area (Å²) in [6.07, 6.45) is 7.30. The number of carbonyl (C=O) groups excluding carboxylic acids is 1. The molecule has 7 nitrogen and oxygen atoms in total. The third kappa shape index (κ3) is 4.52. The van der Waals surface area contributed by atoms with Gasteiger partial charge in [-0.15, -0.1) is 11.3 Å². The number of amides is 1. The summed E-state index contributed by atoms with van der Waals surface area (Å²) < 4.78 is 34.1. The van der Waals surface area contributed by atoms with Crippen molar-refractivity contribution < 1.29 is 17.9 Å². The lowest BCUT2D eigenvalue weighted by molar-refractivity contribution is 0.102. The minimum Gasteiger partial charge on any atom is -0.495 e. The number of nitrogens with zero attached hydrogens (tertiary/aromatic N) is 2. The van der Waals surface area contributed by atoms with Gasteiger partial charge in [0.15, 0.2) is 0 Å². The third-order valence-electron chi connectivity index (χ3n) is 6.57. The van der Waals surface area contributed by atoms with Gasteiger partial charge in [-0.3, -0.25) is 4.79 Å². The molecule has 1 amide bonds. The summed E-state index contributed by atoms with van der Waals surface area (Å²) in [5.41, 5.74) is 1.79. The molecule has 2 aliphatic rings. The molecule has 176 valence electrons.